The third-order valence-corrected chi connectivity index (χ3v) is 9.20. The summed E-state index contributed by atoms with van der Waals surface area (Å²) in [6.45, 7) is 0. The molecular weight excluding hydrogens is 599 g/mol. The molecule has 0 aliphatic carbocycles. The Kier molecular flexibility index (Phi) is 5.10. The van der Waals surface area contributed by atoms with E-state index in [1.807, 2.05) is 54.6 Å². The monoisotopic (exact) mass is 630 g/mol. The van der Waals surface area contributed by atoms with Crippen molar-refractivity contribution in [1.29, 1.82) is 0 Å². The predicted molar refractivity (Wildman–Crippen MR) is 201 cm³/mol. The van der Waals surface area contributed by atoms with E-state index < -0.39 is 18.1 Å². The molecule has 0 N–H and O–H groups in total. The molecule has 0 radical (unpaired) electrons. The van der Waals surface area contributed by atoms with Crippen LogP contribution in [-0.4, -0.2) is 15.0 Å². The summed E-state index contributed by atoms with van der Waals surface area (Å²) in [5, 5.41) is 9.27. The average Bonchev–Trinajstić information content (AvgIpc) is 3.60. The highest BCUT2D eigenvalue weighted by Crippen LogP contribution is 2.39. The van der Waals surface area contributed by atoms with Gasteiger partial charge in [0.15, 0.2) is 17.5 Å². The van der Waals surface area contributed by atoms with E-state index in [1.165, 1.54) is 32.3 Å². The van der Waals surface area contributed by atoms with Crippen LogP contribution in [0.3, 0.4) is 0 Å². The van der Waals surface area contributed by atoms with Crippen molar-refractivity contribution in [3.8, 4) is 45.3 Å². The highest BCUT2D eigenvalue weighted by molar-refractivity contribution is 6.25. The molecule has 0 aliphatic rings. The van der Waals surface area contributed by atoms with E-state index in [4.69, 9.17) is 16.3 Å². The largest absolute Gasteiger partial charge is 0.456 e. The van der Waals surface area contributed by atoms with Crippen molar-refractivity contribution >= 4 is 54.3 Å². The number of nitrogens with zero attached hydrogens (tertiary/aromatic N) is 3. The predicted octanol–water partition coefficient (Wildman–Crippen LogP) is 11.9. The first kappa shape index (κ1) is 22.8. The van der Waals surface area contributed by atoms with Gasteiger partial charge in [0.05, 0.1) is 6.85 Å². The Morgan fingerprint density at radius 1 is 0.347 bits per heavy atom. The molecule has 2 heterocycles. The molecule has 0 saturated heterocycles. The van der Waals surface area contributed by atoms with Crippen LogP contribution in [0.15, 0.2) is 168 Å². The summed E-state index contributed by atoms with van der Waals surface area (Å²) >= 11 is 0. The summed E-state index contributed by atoms with van der Waals surface area (Å²) in [7, 11) is 0. The molecule has 10 rings (SSSR count). The van der Waals surface area contributed by atoms with Crippen molar-refractivity contribution in [2.24, 2.45) is 0 Å². The molecule has 49 heavy (non-hydrogen) atoms. The molecule has 0 saturated carbocycles. The molecule has 0 bridgehead atoms. The van der Waals surface area contributed by atoms with Crippen LogP contribution in [-0.2, 0) is 0 Å². The highest BCUT2D eigenvalue weighted by Gasteiger charge is 2.16. The molecule has 0 unspecified atom stereocenters. The van der Waals surface area contributed by atoms with E-state index in [0.29, 0.717) is 22.5 Å². The Morgan fingerprint density at radius 3 is 1.55 bits per heavy atom. The average molecular weight is 631 g/mol. The van der Waals surface area contributed by atoms with Crippen LogP contribution in [0.1, 0.15) is 6.85 Å². The van der Waals surface area contributed by atoms with Gasteiger partial charge in [-0.15, -0.1) is 0 Å². The van der Waals surface area contributed by atoms with Gasteiger partial charge in [-0.25, -0.2) is 15.0 Å². The molecule has 2 aromatic heterocycles. The highest BCUT2D eigenvalue weighted by atomic mass is 16.3. The van der Waals surface area contributed by atoms with Crippen LogP contribution >= 0.6 is 0 Å². The summed E-state index contributed by atoms with van der Waals surface area (Å²) in [6, 6.07) is 43.0. The maximum absolute atomic E-state index is 8.59. The van der Waals surface area contributed by atoms with Gasteiger partial charge in [0.1, 0.15) is 11.2 Å². The first-order chi connectivity index (χ1) is 26.3. The van der Waals surface area contributed by atoms with Crippen LogP contribution in [0.2, 0.25) is 0 Å². The minimum Gasteiger partial charge on any atom is -0.456 e. The fourth-order valence-corrected chi connectivity index (χ4v) is 6.88. The SMILES string of the molecule is [2H]c1c([2H])c([2H])c(-c2nc(-c3ccccc3)nc(-c3ccc4c(c3)oc3ccc(-c5ccc6c7ccccc7c7ccccc7c6c5)cc34)n2)c([2H])c1[2H]. The zero-order valence-electron chi connectivity index (χ0n) is 31.0. The number of aromatic nitrogens is 3. The van der Waals surface area contributed by atoms with Gasteiger partial charge in [-0.3, -0.25) is 0 Å². The maximum atomic E-state index is 8.59. The van der Waals surface area contributed by atoms with Crippen LogP contribution in [0.25, 0.3) is 99.5 Å². The third kappa shape index (κ3) is 4.57. The summed E-state index contributed by atoms with van der Waals surface area (Å²) in [5.74, 6) is 0.582. The molecule has 0 atom stereocenters. The molecule has 4 nitrogen and oxygen atoms in total. The normalized spacial score (nSPS) is 13.1. The lowest BCUT2D eigenvalue weighted by Crippen LogP contribution is -2.00. The quantitative estimate of drug-likeness (QED) is 0.182. The lowest BCUT2D eigenvalue weighted by molar-refractivity contribution is 0.669. The summed E-state index contributed by atoms with van der Waals surface area (Å²) in [4.78, 5) is 14.1. The molecule has 0 amide bonds. The van der Waals surface area contributed by atoms with Gasteiger partial charge in [0.2, 0.25) is 0 Å². The van der Waals surface area contributed by atoms with E-state index in [1.54, 1.807) is 0 Å². The first-order valence-electron chi connectivity index (χ1n) is 18.5. The van der Waals surface area contributed by atoms with Gasteiger partial charge in [-0.2, -0.15) is 0 Å². The first-order valence-corrected chi connectivity index (χ1v) is 16.0. The molecule has 10 aromatic rings. The summed E-state index contributed by atoms with van der Waals surface area (Å²) in [6.07, 6.45) is 0. The van der Waals surface area contributed by atoms with Crippen molar-refractivity contribution in [3.05, 3.63) is 164 Å². The number of benzene rings is 8. The topological polar surface area (TPSA) is 51.8 Å². The van der Waals surface area contributed by atoms with E-state index in [-0.39, 0.29) is 29.3 Å². The van der Waals surface area contributed by atoms with E-state index in [0.717, 1.165) is 27.5 Å². The molecular formula is C45H27N3O. The third-order valence-electron chi connectivity index (χ3n) is 9.20. The van der Waals surface area contributed by atoms with Gasteiger partial charge in [-0.05, 0) is 73.8 Å². The Morgan fingerprint density at radius 2 is 0.857 bits per heavy atom. The summed E-state index contributed by atoms with van der Waals surface area (Å²) in [5.41, 5.74) is 4.79. The van der Waals surface area contributed by atoms with E-state index in [2.05, 4.69) is 88.8 Å². The Labute approximate surface area is 289 Å². The molecule has 0 spiro atoms. The van der Waals surface area contributed by atoms with Crippen molar-refractivity contribution in [2.45, 2.75) is 0 Å². The molecule has 0 aliphatic heterocycles. The minimum atomic E-state index is -0.479. The fourth-order valence-electron chi connectivity index (χ4n) is 6.88. The van der Waals surface area contributed by atoms with Crippen LogP contribution in [0.4, 0.5) is 0 Å². The van der Waals surface area contributed by atoms with Crippen molar-refractivity contribution in [2.75, 3.05) is 0 Å². The van der Waals surface area contributed by atoms with Gasteiger partial charge >= 0.3 is 0 Å². The van der Waals surface area contributed by atoms with Crippen molar-refractivity contribution < 1.29 is 11.3 Å². The minimum absolute atomic E-state index is 0.0126. The lowest BCUT2D eigenvalue weighted by Gasteiger charge is -2.12. The zero-order chi connectivity index (χ0) is 36.7. The molecule has 228 valence electrons. The number of furan rings is 1. The Hall–Kier alpha value is -6.65. The number of hydrogen-bond acceptors (Lipinski definition) is 4. The Balaban J connectivity index is 1.11. The number of hydrogen-bond donors (Lipinski definition) is 0. The second kappa shape index (κ2) is 11.0. The summed E-state index contributed by atoms with van der Waals surface area (Å²) < 4.78 is 48.1. The second-order valence-electron chi connectivity index (χ2n) is 12.0. The standard InChI is InChI=1S/C45H27N3O/c1-3-11-28(12-4-1)43-46-44(29-13-5-2-6-14-29)48-45(47-43)32-20-23-38-40-26-31(21-24-41(40)49-42(38)27-32)30-19-22-37-35-17-8-7-15-33(35)34-16-9-10-18-36(34)39(37)25-30/h1-27H/i1D,3D,4D,11D,12D. The maximum Gasteiger partial charge on any atom is 0.164 e. The van der Waals surface area contributed by atoms with Gasteiger partial charge in [0, 0.05) is 27.5 Å². The van der Waals surface area contributed by atoms with Gasteiger partial charge in [-0.1, -0.05) is 133 Å². The lowest BCUT2D eigenvalue weighted by atomic mass is 9.92. The second-order valence-corrected chi connectivity index (χ2v) is 12.0. The van der Waals surface area contributed by atoms with Crippen molar-refractivity contribution in [3.63, 3.8) is 0 Å². The van der Waals surface area contributed by atoms with E-state index >= 15 is 0 Å². The van der Waals surface area contributed by atoms with Crippen LogP contribution in [0, 0.1) is 0 Å². The number of rotatable bonds is 4. The van der Waals surface area contributed by atoms with E-state index in [9.17, 15) is 0 Å². The number of fused-ring (bicyclic) bond motifs is 9. The van der Waals surface area contributed by atoms with Gasteiger partial charge in [0.25, 0.3) is 0 Å². The van der Waals surface area contributed by atoms with Crippen molar-refractivity contribution in [1.82, 2.24) is 15.0 Å². The zero-order valence-corrected chi connectivity index (χ0v) is 26.0. The molecule has 8 aromatic carbocycles. The fraction of sp³-hybridized carbons (Fsp3) is 0. The smallest absolute Gasteiger partial charge is 0.164 e. The molecule has 0 fully saturated rings. The van der Waals surface area contributed by atoms with Crippen LogP contribution < -0.4 is 0 Å². The van der Waals surface area contributed by atoms with Crippen LogP contribution in [0.5, 0.6) is 0 Å². The Bertz CT molecular complexity index is 3120. The van der Waals surface area contributed by atoms with Gasteiger partial charge < -0.3 is 4.42 Å². The molecule has 4 heteroatoms.